The molecule has 1 saturated carbocycles. The highest BCUT2D eigenvalue weighted by Crippen LogP contribution is 2.55. The van der Waals surface area contributed by atoms with E-state index in [4.69, 9.17) is 16.2 Å². The Kier molecular flexibility index (Phi) is 3.91. The molecule has 3 atom stereocenters. The van der Waals surface area contributed by atoms with Crippen LogP contribution in [0.2, 0.25) is 0 Å². The molecule has 0 aliphatic heterocycles. The van der Waals surface area contributed by atoms with Crippen molar-refractivity contribution < 1.29 is 13.2 Å². The quantitative estimate of drug-likeness (QED) is 0.860. The summed E-state index contributed by atoms with van der Waals surface area (Å²) in [4.78, 5) is 0.282. The molecule has 0 saturated heterocycles. The van der Waals surface area contributed by atoms with E-state index in [9.17, 15) is 8.42 Å². The summed E-state index contributed by atoms with van der Waals surface area (Å²) >= 11 is 0. The fourth-order valence-electron chi connectivity index (χ4n) is 3.19. The normalized spacial score (nSPS) is 26.7. The van der Waals surface area contributed by atoms with Gasteiger partial charge in [0.25, 0.3) is 0 Å². The second kappa shape index (κ2) is 5.63. The largest absolute Gasteiger partial charge is 0.497 e. The first kappa shape index (κ1) is 16.0. The fourth-order valence-corrected chi connectivity index (χ4v) is 5.53. The van der Waals surface area contributed by atoms with Crippen LogP contribution in [-0.4, -0.2) is 32.9 Å². The first-order valence-electron chi connectivity index (χ1n) is 7.37. The SMILES string of the molecule is COc1ccc([C@@H]2[C@@H](S(=O)(=O)c3ccccc3)[C@@]2(N)CN)cc1. The van der Waals surface area contributed by atoms with Gasteiger partial charge in [-0.1, -0.05) is 30.3 Å². The van der Waals surface area contributed by atoms with Crippen LogP contribution in [0.4, 0.5) is 0 Å². The number of benzene rings is 2. The summed E-state index contributed by atoms with van der Waals surface area (Å²) in [5.74, 6) is 0.399. The first-order chi connectivity index (χ1) is 10.9. The van der Waals surface area contributed by atoms with Crippen molar-refractivity contribution >= 4 is 9.84 Å². The van der Waals surface area contributed by atoms with E-state index in [0.717, 1.165) is 5.56 Å². The lowest BCUT2D eigenvalue weighted by Crippen LogP contribution is -2.39. The first-order valence-corrected chi connectivity index (χ1v) is 8.91. The molecule has 0 bridgehead atoms. The minimum Gasteiger partial charge on any atom is -0.497 e. The summed E-state index contributed by atoms with van der Waals surface area (Å²) in [6.07, 6.45) is 0. The Morgan fingerprint density at radius 3 is 2.22 bits per heavy atom. The summed E-state index contributed by atoms with van der Waals surface area (Å²) < 4.78 is 31.0. The third kappa shape index (κ3) is 2.52. The van der Waals surface area contributed by atoms with Gasteiger partial charge in [-0.25, -0.2) is 8.42 Å². The van der Waals surface area contributed by atoms with Gasteiger partial charge in [-0.2, -0.15) is 0 Å². The van der Waals surface area contributed by atoms with Crippen molar-refractivity contribution in [2.75, 3.05) is 13.7 Å². The molecule has 0 aromatic heterocycles. The predicted octanol–water partition coefficient (Wildman–Crippen LogP) is 1.29. The lowest BCUT2D eigenvalue weighted by molar-refractivity contribution is 0.414. The zero-order valence-electron chi connectivity index (χ0n) is 12.8. The average Bonchev–Trinajstić information content (AvgIpc) is 3.23. The van der Waals surface area contributed by atoms with Crippen LogP contribution in [0.15, 0.2) is 59.5 Å². The van der Waals surface area contributed by atoms with Crippen molar-refractivity contribution in [1.29, 1.82) is 0 Å². The van der Waals surface area contributed by atoms with Gasteiger partial charge >= 0.3 is 0 Å². The molecule has 0 radical (unpaired) electrons. The molecule has 0 amide bonds. The summed E-state index contributed by atoms with van der Waals surface area (Å²) in [5, 5.41) is -0.712. The minimum absolute atomic E-state index is 0.112. The smallest absolute Gasteiger partial charge is 0.183 e. The van der Waals surface area contributed by atoms with Gasteiger partial charge in [0, 0.05) is 12.5 Å². The summed E-state index contributed by atoms with van der Waals surface area (Å²) in [7, 11) is -1.95. The molecule has 1 aliphatic carbocycles. The molecule has 0 unspecified atom stereocenters. The van der Waals surface area contributed by atoms with Crippen LogP contribution >= 0.6 is 0 Å². The van der Waals surface area contributed by atoms with Crippen LogP contribution in [0.3, 0.4) is 0 Å². The van der Waals surface area contributed by atoms with E-state index >= 15 is 0 Å². The molecule has 0 spiro atoms. The van der Waals surface area contributed by atoms with Gasteiger partial charge in [0.1, 0.15) is 5.75 Å². The van der Waals surface area contributed by atoms with E-state index in [-0.39, 0.29) is 17.4 Å². The van der Waals surface area contributed by atoms with Gasteiger partial charge in [0.05, 0.1) is 22.8 Å². The van der Waals surface area contributed by atoms with Crippen molar-refractivity contribution in [3.05, 3.63) is 60.2 Å². The van der Waals surface area contributed by atoms with Crippen molar-refractivity contribution in [3.8, 4) is 5.75 Å². The Morgan fingerprint density at radius 1 is 1.09 bits per heavy atom. The molecule has 4 N–H and O–H groups in total. The highest BCUT2D eigenvalue weighted by atomic mass is 32.2. The maximum atomic E-state index is 12.9. The second-order valence-electron chi connectivity index (χ2n) is 5.85. The van der Waals surface area contributed by atoms with E-state index in [0.29, 0.717) is 5.75 Å². The van der Waals surface area contributed by atoms with Crippen LogP contribution in [0.25, 0.3) is 0 Å². The number of rotatable bonds is 5. The van der Waals surface area contributed by atoms with Crippen LogP contribution in [0.5, 0.6) is 5.75 Å². The Morgan fingerprint density at radius 2 is 1.70 bits per heavy atom. The van der Waals surface area contributed by atoms with Gasteiger partial charge in [-0.15, -0.1) is 0 Å². The van der Waals surface area contributed by atoms with E-state index in [1.807, 2.05) is 12.1 Å². The second-order valence-corrected chi connectivity index (χ2v) is 7.92. The molecule has 1 aliphatic rings. The van der Waals surface area contributed by atoms with E-state index < -0.39 is 20.6 Å². The van der Waals surface area contributed by atoms with E-state index in [1.165, 1.54) is 0 Å². The molecule has 2 aromatic rings. The molecule has 5 nitrogen and oxygen atoms in total. The van der Waals surface area contributed by atoms with Crippen molar-refractivity contribution in [1.82, 2.24) is 0 Å². The van der Waals surface area contributed by atoms with Crippen LogP contribution in [0.1, 0.15) is 11.5 Å². The molecular formula is C17H20N2O3S. The zero-order chi connectivity index (χ0) is 16.7. The van der Waals surface area contributed by atoms with Gasteiger partial charge in [-0.3, -0.25) is 0 Å². The highest BCUT2D eigenvalue weighted by Gasteiger charge is 2.68. The standard InChI is InChI=1S/C17H20N2O3S/c1-22-13-9-7-12(8-10-13)15-16(17(15,19)11-18)23(20,21)14-5-3-2-4-6-14/h2-10,15-16H,11,18-19H2,1H3/t15-,16-,17-/m1/s1. The summed E-state index contributed by atoms with van der Waals surface area (Å²) in [5.41, 5.74) is 12.1. The monoisotopic (exact) mass is 332 g/mol. The Hall–Kier alpha value is -1.89. The lowest BCUT2D eigenvalue weighted by atomic mass is 10.1. The highest BCUT2D eigenvalue weighted by molar-refractivity contribution is 7.92. The van der Waals surface area contributed by atoms with Gasteiger partial charge in [-0.05, 0) is 29.8 Å². The molecule has 2 aromatic carbocycles. The molecule has 3 rings (SSSR count). The van der Waals surface area contributed by atoms with E-state index in [1.54, 1.807) is 49.6 Å². The van der Waals surface area contributed by atoms with Crippen molar-refractivity contribution in [3.63, 3.8) is 0 Å². The molecular weight excluding hydrogens is 312 g/mol. The third-order valence-electron chi connectivity index (χ3n) is 4.54. The molecule has 122 valence electrons. The summed E-state index contributed by atoms with van der Waals surface area (Å²) in [6.45, 7) is 0.112. The van der Waals surface area contributed by atoms with Gasteiger partial charge < -0.3 is 16.2 Å². The third-order valence-corrected chi connectivity index (χ3v) is 6.85. The maximum absolute atomic E-state index is 12.9. The van der Waals surface area contributed by atoms with Gasteiger partial charge in [0.15, 0.2) is 9.84 Å². The Labute approximate surface area is 136 Å². The molecule has 23 heavy (non-hydrogen) atoms. The van der Waals surface area contributed by atoms with Crippen LogP contribution in [0, 0.1) is 0 Å². The summed E-state index contributed by atoms with van der Waals surface area (Å²) in [6, 6.07) is 15.7. The maximum Gasteiger partial charge on any atom is 0.183 e. The minimum atomic E-state index is -3.53. The van der Waals surface area contributed by atoms with Crippen molar-refractivity contribution in [2.45, 2.75) is 21.6 Å². The Balaban J connectivity index is 1.98. The molecule has 6 heteroatoms. The van der Waals surface area contributed by atoms with E-state index in [2.05, 4.69) is 0 Å². The number of nitrogens with two attached hydrogens (primary N) is 2. The number of hydrogen-bond donors (Lipinski definition) is 2. The average molecular weight is 332 g/mol. The molecule has 0 heterocycles. The topological polar surface area (TPSA) is 95.4 Å². The van der Waals surface area contributed by atoms with Crippen LogP contribution < -0.4 is 16.2 Å². The zero-order valence-corrected chi connectivity index (χ0v) is 13.7. The van der Waals surface area contributed by atoms with Gasteiger partial charge in [0.2, 0.25) is 0 Å². The molecule has 1 fully saturated rings. The Bertz CT molecular complexity index is 790. The number of methoxy groups -OCH3 is 1. The number of ether oxygens (including phenoxy) is 1. The predicted molar refractivity (Wildman–Crippen MR) is 89.1 cm³/mol. The fraction of sp³-hybridized carbons (Fsp3) is 0.294. The number of sulfone groups is 1. The lowest BCUT2D eigenvalue weighted by Gasteiger charge is -2.09. The van der Waals surface area contributed by atoms with Crippen LogP contribution in [-0.2, 0) is 9.84 Å². The van der Waals surface area contributed by atoms with Crippen molar-refractivity contribution in [2.24, 2.45) is 11.5 Å². The number of hydrogen-bond acceptors (Lipinski definition) is 5.